The fourth-order valence-electron chi connectivity index (χ4n) is 8.28. The number of anilines is 2. The Hall–Kier alpha value is -6.04. The predicted octanol–water partition coefficient (Wildman–Crippen LogP) is 5.01. The first kappa shape index (κ1) is 51.9. The number of carbonyl (C=O) groups excluding carboxylic acids is 3. The molecule has 4 aromatic carbocycles. The summed E-state index contributed by atoms with van der Waals surface area (Å²) in [5, 5.41) is 26.6. The fraction of sp³-hybridized carbons (Fsp3) is 0.277. The van der Waals surface area contributed by atoms with Crippen LogP contribution in [-0.2, 0) is 38.2 Å². The van der Waals surface area contributed by atoms with Gasteiger partial charge in [0.25, 0.3) is 0 Å². The standard InChI is InChI=1S/C24H24FN3O4S.C23H22FN3O4S.Li.H2O/c1-24(13-21(29)28-23-26-8-9-33-23)18-12-16(20(31-2)11-15(18)6-7-27-24)14-4-5-19(25)17(10-14)22(30)32-3;1-23(12-20(28)27-22-25-7-8-32-22)17-11-15(19(31-2)10-14(17)5-6-26-23)13-3-4-18(24)16(9-13)21(29)30;;/h4-5,8-12,27H,6-7,13H2,1-3H3,(H,26,28,29);3-4,7-11,26H,5-6,12H2,1-2H3,(H,29,30)(H,25,27,28);;1H2/q;;+1;/p-1/t24-;23-;;/m11../s1. The van der Waals surface area contributed by atoms with E-state index in [2.05, 4.69) is 31.2 Å². The normalized spacial score (nSPS) is 16.8. The van der Waals surface area contributed by atoms with Gasteiger partial charge in [0.1, 0.15) is 23.1 Å². The molecule has 0 spiro atoms. The van der Waals surface area contributed by atoms with Gasteiger partial charge in [0.05, 0.1) is 32.5 Å². The van der Waals surface area contributed by atoms with Gasteiger partial charge in [-0.25, -0.2) is 28.3 Å². The van der Waals surface area contributed by atoms with Crippen molar-refractivity contribution in [3.63, 3.8) is 0 Å². The zero-order chi connectivity index (χ0) is 46.5. The number of fused-ring (bicyclic) bond motifs is 2. The average molecular weight is 949 g/mol. The molecule has 0 saturated carbocycles. The molecule has 2 aromatic heterocycles. The van der Waals surface area contributed by atoms with Gasteiger partial charge >= 0.3 is 30.8 Å². The van der Waals surface area contributed by atoms with Crippen LogP contribution in [0.3, 0.4) is 0 Å². The third kappa shape index (κ3) is 11.6. The SMILES string of the molecule is COC(=O)c1cc(-c2cc3c(cc2OC)CCN[C@]3(C)CC(=O)Nc2nccs2)ccc1F.COc1cc2c(cc1-c1ccc(F)c(C(=O)O)c1)[C@@](C)(CC(=O)Nc1nccs1)NCC2.[Li+].[OH-]. The largest absolute Gasteiger partial charge is 1.00 e. The minimum absolute atomic E-state index is 0. The molecule has 2 aliphatic rings. The Morgan fingerprint density at radius 1 is 0.701 bits per heavy atom. The smallest absolute Gasteiger partial charge is 0.870 e. The van der Waals surface area contributed by atoms with Gasteiger partial charge in [0.15, 0.2) is 10.3 Å². The molecule has 15 nitrogen and oxygen atoms in total. The summed E-state index contributed by atoms with van der Waals surface area (Å²) in [7, 11) is 4.31. The third-order valence-electron chi connectivity index (χ3n) is 11.4. The van der Waals surface area contributed by atoms with Crippen LogP contribution in [0.25, 0.3) is 22.3 Å². The van der Waals surface area contributed by atoms with Crippen molar-refractivity contribution in [1.82, 2.24) is 20.6 Å². The Balaban J connectivity index is 0.000000244. The summed E-state index contributed by atoms with van der Waals surface area (Å²) in [6.07, 6.45) is 5.16. The van der Waals surface area contributed by atoms with Crippen LogP contribution in [0.1, 0.15) is 69.7 Å². The topological polar surface area (TPSA) is 220 Å². The zero-order valence-electron chi connectivity index (χ0n) is 37.5. The molecule has 0 saturated heterocycles. The molecule has 0 fully saturated rings. The van der Waals surface area contributed by atoms with Crippen molar-refractivity contribution in [2.24, 2.45) is 0 Å². The summed E-state index contributed by atoms with van der Waals surface area (Å²) in [6.45, 7) is 5.33. The van der Waals surface area contributed by atoms with Crippen molar-refractivity contribution in [3.8, 4) is 33.8 Å². The Bertz CT molecular complexity index is 2760. The van der Waals surface area contributed by atoms with Gasteiger partial charge in [-0.05, 0) is 109 Å². The molecule has 0 unspecified atom stereocenters. The van der Waals surface area contributed by atoms with E-state index in [-0.39, 0.29) is 54.6 Å². The molecule has 6 aromatic rings. The summed E-state index contributed by atoms with van der Waals surface area (Å²) in [4.78, 5) is 57.1. The van der Waals surface area contributed by atoms with Crippen molar-refractivity contribution in [2.45, 2.75) is 50.6 Å². The van der Waals surface area contributed by atoms with E-state index in [1.807, 2.05) is 38.1 Å². The predicted molar refractivity (Wildman–Crippen MR) is 246 cm³/mol. The number of carboxylic acids is 1. The number of benzene rings is 4. The number of nitrogens with one attached hydrogen (secondary N) is 4. The second-order valence-electron chi connectivity index (χ2n) is 15.7. The quantitative estimate of drug-likeness (QED) is 0.0806. The molecule has 0 bridgehead atoms. The number of halogens is 2. The molecular formula is C47H47F2LiN6O9S2. The van der Waals surface area contributed by atoms with E-state index in [0.717, 1.165) is 41.2 Å². The van der Waals surface area contributed by atoms with Crippen LogP contribution in [0.15, 0.2) is 83.8 Å². The summed E-state index contributed by atoms with van der Waals surface area (Å²) >= 11 is 2.71. The van der Waals surface area contributed by atoms with E-state index in [0.29, 0.717) is 57.1 Å². The number of hydrogen-bond acceptors (Lipinski definition) is 14. The van der Waals surface area contributed by atoms with Crippen molar-refractivity contribution in [3.05, 3.63) is 129 Å². The van der Waals surface area contributed by atoms with Gasteiger partial charge in [-0.15, -0.1) is 22.7 Å². The van der Waals surface area contributed by atoms with E-state index >= 15 is 0 Å². The van der Waals surface area contributed by atoms with E-state index < -0.39 is 40.2 Å². The van der Waals surface area contributed by atoms with Crippen LogP contribution >= 0.6 is 22.7 Å². The minimum atomic E-state index is -1.34. The maximum atomic E-state index is 14.2. The number of hydrogen-bond donors (Lipinski definition) is 5. The van der Waals surface area contributed by atoms with E-state index in [1.54, 1.807) is 36.3 Å². The van der Waals surface area contributed by atoms with Gasteiger partial charge in [-0.2, -0.15) is 0 Å². The maximum Gasteiger partial charge on any atom is 1.00 e. The number of nitrogens with zero attached hydrogens (tertiary/aromatic N) is 2. The van der Waals surface area contributed by atoms with Crippen molar-refractivity contribution in [1.29, 1.82) is 0 Å². The van der Waals surface area contributed by atoms with Gasteiger partial charge in [0, 0.05) is 71.3 Å². The number of rotatable bonds is 12. The number of carboxylic acid groups (broad SMARTS) is 1. The molecule has 346 valence electrons. The zero-order valence-corrected chi connectivity index (χ0v) is 39.2. The third-order valence-corrected chi connectivity index (χ3v) is 12.8. The summed E-state index contributed by atoms with van der Waals surface area (Å²) in [6, 6.07) is 15.9. The number of amides is 2. The van der Waals surface area contributed by atoms with E-state index in [9.17, 15) is 33.1 Å². The van der Waals surface area contributed by atoms with Crippen LogP contribution in [0.4, 0.5) is 19.0 Å². The summed E-state index contributed by atoms with van der Waals surface area (Å²) in [5.41, 5.74) is 4.54. The van der Waals surface area contributed by atoms with Crippen LogP contribution in [0.5, 0.6) is 11.5 Å². The second kappa shape index (κ2) is 22.2. The maximum absolute atomic E-state index is 14.2. The van der Waals surface area contributed by atoms with Gasteiger partial charge in [-0.3, -0.25) is 9.59 Å². The molecule has 2 atom stereocenters. The minimum Gasteiger partial charge on any atom is -0.870 e. The van der Waals surface area contributed by atoms with Crippen LogP contribution in [-0.4, -0.2) is 78.7 Å². The molecule has 20 heteroatoms. The average Bonchev–Trinajstić information content (AvgIpc) is 4.01. The Kier molecular flexibility index (Phi) is 17.2. The molecule has 6 N–H and O–H groups in total. The number of carbonyl (C=O) groups is 4. The Morgan fingerprint density at radius 3 is 1.52 bits per heavy atom. The number of methoxy groups -OCH3 is 3. The number of aromatic carboxylic acids is 1. The van der Waals surface area contributed by atoms with Gasteiger partial charge in [0.2, 0.25) is 11.8 Å². The number of thiazole rings is 2. The van der Waals surface area contributed by atoms with E-state index in [1.165, 1.54) is 61.2 Å². The van der Waals surface area contributed by atoms with Crippen molar-refractivity contribution >= 4 is 56.7 Å². The van der Waals surface area contributed by atoms with Gasteiger partial charge < -0.3 is 46.1 Å². The number of esters is 1. The molecule has 2 amide bonds. The molecule has 8 rings (SSSR count). The molecule has 67 heavy (non-hydrogen) atoms. The summed E-state index contributed by atoms with van der Waals surface area (Å²) < 4.78 is 44.1. The van der Waals surface area contributed by atoms with Crippen LogP contribution in [0.2, 0.25) is 0 Å². The molecular weight excluding hydrogens is 902 g/mol. The molecule has 0 aliphatic carbocycles. The molecule has 2 aliphatic heterocycles. The number of ether oxygens (including phenoxy) is 3. The van der Waals surface area contributed by atoms with E-state index in [4.69, 9.17) is 14.2 Å². The number of aromatic nitrogens is 2. The molecule has 0 radical (unpaired) electrons. The van der Waals surface area contributed by atoms with Crippen LogP contribution < -0.4 is 49.6 Å². The Labute approximate surface area is 405 Å². The first-order valence-corrected chi connectivity index (χ1v) is 22.1. The molecule has 4 heterocycles. The van der Waals surface area contributed by atoms with Gasteiger partial charge in [-0.1, -0.05) is 12.1 Å². The second-order valence-corrected chi connectivity index (χ2v) is 17.5. The van der Waals surface area contributed by atoms with Crippen molar-refractivity contribution in [2.75, 3.05) is 45.1 Å². The Morgan fingerprint density at radius 2 is 1.13 bits per heavy atom. The first-order chi connectivity index (χ1) is 31.1. The van der Waals surface area contributed by atoms with Crippen LogP contribution in [0, 0.1) is 11.6 Å². The van der Waals surface area contributed by atoms with Crippen molar-refractivity contribution < 1.29 is 71.6 Å². The first-order valence-electron chi connectivity index (χ1n) is 20.4. The monoisotopic (exact) mass is 948 g/mol. The fourth-order valence-corrected chi connectivity index (χ4v) is 9.37. The summed E-state index contributed by atoms with van der Waals surface area (Å²) in [5.74, 6) is -2.72.